The summed E-state index contributed by atoms with van der Waals surface area (Å²) in [5.74, 6) is 1.72. The molecule has 0 aliphatic heterocycles. The smallest absolute Gasteiger partial charge is 0.0294 e. The molecule has 1 saturated carbocycles. The third kappa shape index (κ3) is 3.83. The fourth-order valence-corrected chi connectivity index (χ4v) is 3.73. The van der Waals surface area contributed by atoms with E-state index in [1.54, 1.807) is 0 Å². The molecular formula is C16H24BrN. The van der Waals surface area contributed by atoms with Gasteiger partial charge in [-0.25, -0.2) is 0 Å². The van der Waals surface area contributed by atoms with Gasteiger partial charge in [0.15, 0.2) is 0 Å². The molecule has 2 rings (SSSR count). The van der Waals surface area contributed by atoms with Crippen LogP contribution in [0, 0.1) is 11.8 Å². The van der Waals surface area contributed by atoms with Gasteiger partial charge in [-0.1, -0.05) is 41.9 Å². The summed E-state index contributed by atoms with van der Waals surface area (Å²) in [6.07, 6.45) is 4.04. The Kier molecular flexibility index (Phi) is 4.85. The van der Waals surface area contributed by atoms with Gasteiger partial charge < -0.3 is 5.32 Å². The van der Waals surface area contributed by atoms with Crippen molar-refractivity contribution in [2.45, 2.75) is 52.1 Å². The molecule has 0 saturated heterocycles. The fraction of sp³-hybridized carbons (Fsp3) is 0.625. The number of halogens is 1. The molecule has 0 spiro atoms. The maximum Gasteiger partial charge on any atom is 0.0294 e. The molecule has 1 aliphatic rings. The summed E-state index contributed by atoms with van der Waals surface area (Å²) >= 11 is 3.55. The van der Waals surface area contributed by atoms with Crippen LogP contribution in [-0.2, 0) is 0 Å². The summed E-state index contributed by atoms with van der Waals surface area (Å²) in [6, 6.07) is 9.73. The number of benzene rings is 1. The zero-order chi connectivity index (χ0) is 13.1. The van der Waals surface area contributed by atoms with Gasteiger partial charge in [0.05, 0.1) is 0 Å². The maximum atomic E-state index is 3.80. The third-order valence-corrected chi connectivity index (χ3v) is 4.51. The molecular weight excluding hydrogens is 286 g/mol. The molecule has 18 heavy (non-hydrogen) atoms. The highest BCUT2D eigenvalue weighted by Crippen LogP contribution is 2.30. The SMILES string of the molecule is CC1CC(C)CC(NC(C)c2cccc(Br)c2)C1. The van der Waals surface area contributed by atoms with Gasteiger partial charge in [-0.15, -0.1) is 0 Å². The Morgan fingerprint density at radius 1 is 1.17 bits per heavy atom. The van der Waals surface area contributed by atoms with Gasteiger partial charge in [-0.05, 0) is 55.7 Å². The van der Waals surface area contributed by atoms with Crippen LogP contribution in [0.2, 0.25) is 0 Å². The van der Waals surface area contributed by atoms with Crippen molar-refractivity contribution in [2.24, 2.45) is 11.8 Å². The number of hydrogen-bond donors (Lipinski definition) is 1. The monoisotopic (exact) mass is 309 g/mol. The molecule has 1 aromatic carbocycles. The van der Waals surface area contributed by atoms with Crippen molar-refractivity contribution >= 4 is 15.9 Å². The van der Waals surface area contributed by atoms with Crippen LogP contribution in [0.3, 0.4) is 0 Å². The summed E-state index contributed by atoms with van der Waals surface area (Å²) in [6.45, 7) is 7.04. The van der Waals surface area contributed by atoms with Gasteiger partial charge in [0.1, 0.15) is 0 Å². The second-order valence-corrected chi connectivity index (χ2v) is 6.97. The molecule has 1 N–H and O–H groups in total. The van der Waals surface area contributed by atoms with E-state index in [9.17, 15) is 0 Å². The molecule has 3 atom stereocenters. The summed E-state index contributed by atoms with van der Waals surface area (Å²) in [7, 11) is 0. The molecule has 3 unspecified atom stereocenters. The summed E-state index contributed by atoms with van der Waals surface area (Å²) in [5.41, 5.74) is 1.37. The van der Waals surface area contributed by atoms with Crippen molar-refractivity contribution in [1.29, 1.82) is 0 Å². The Labute approximate surface area is 119 Å². The highest BCUT2D eigenvalue weighted by Gasteiger charge is 2.24. The van der Waals surface area contributed by atoms with E-state index in [-0.39, 0.29) is 0 Å². The van der Waals surface area contributed by atoms with Crippen LogP contribution < -0.4 is 5.32 Å². The van der Waals surface area contributed by atoms with Crippen LogP contribution >= 0.6 is 15.9 Å². The van der Waals surface area contributed by atoms with Crippen molar-refractivity contribution in [3.63, 3.8) is 0 Å². The predicted molar refractivity (Wildman–Crippen MR) is 81.7 cm³/mol. The second-order valence-electron chi connectivity index (χ2n) is 6.06. The molecule has 2 heteroatoms. The first-order valence-electron chi connectivity index (χ1n) is 7.06. The van der Waals surface area contributed by atoms with Crippen molar-refractivity contribution in [3.05, 3.63) is 34.3 Å². The zero-order valence-corrected chi connectivity index (χ0v) is 13.2. The molecule has 0 radical (unpaired) electrons. The molecule has 0 heterocycles. The quantitative estimate of drug-likeness (QED) is 0.835. The highest BCUT2D eigenvalue weighted by molar-refractivity contribution is 9.10. The lowest BCUT2D eigenvalue weighted by molar-refractivity contribution is 0.228. The minimum Gasteiger partial charge on any atom is -0.307 e. The number of rotatable bonds is 3. The van der Waals surface area contributed by atoms with E-state index in [2.05, 4.69) is 66.3 Å². The first kappa shape index (κ1) is 14.1. The highest BCUT2D eigenvalue weighted by atomic mass is 79.9. The van der Waals surface area contributed by atoms with Crippen LogP contribution in [0.4, 0.5) is 0 Å². The van der Waals surface area contributed by atoms with Crippen LogP contribution in [0.1, 0.15) is 51.6 Å². The van der Waals surface area contributed by atoms with E-state index in [1.807, 2.05) is 0 Å². The minimum atomic E-state index is 0.435. The summed E-state index contributed by atoms with van der Waals surface area (Å²) in [5, 5.41) is 3.80. The van der Waals surface area contributed by atoms with Crippen LogP contribution in [0.15, 0.2) is 28.7 Å². The first-order valence-corrected chi connectivity index (χ1v) is 7.85. The van der Waals surface area contributed by atoms with E-state index in [0.717, 1.165) is 11.8 Å². The van der Waals surface area contributed by atoms with Crippen molar-refractivity contribution in [3.8, 4) is 0 Å². The van der Waals surface area contributed by atoms with Crippen molar-refractivity contribution in [1.82, 2.24) is 5.32 Å². The van der Waals surface area contributed by atoms with E-state index in [1.165, 1.54) is 29.3 Å². The van der Waals surface area contributed by atoms with Gasteiger partial charge in [0.25, 0.3) is 0 Å². The van der Waals surface area contributed by atoms with E-state index in [0.29, 0.717) is 12.1 Å². The lowest BCUT2D eigenvalue weighted by atomic mass is 9.80. The van der Waals surface area contributed by atoms with Crippen molar-refractivity contribution < 1.29 is 0 Å². The number of hydrogen-bond acceptors (Lipinski definition) is 1. The molecule has 0 amide bonds. The van der Waals surface area contributed by atoms with Gasteiger partial charge in [0, 0.05) is 16.6 Å². The average Bonchev–Trinajstić information content (AvgIpc) is 2.27. The number of nitrogens with one attached hydrogen (secondary N) is 1. The normalized spacial score (nSPS) is 30.1. The largest absolute Gasteiger partial charge is 0.307 e. The van der Waals surface area contributed by atoms with E-state index < -0.39 is 0 Å². The van der Waals surface area contributed by atoms with Gasteiger partial charge in [-0.3, -0.25) is 0 Å². The molecule has 1 fully saturated rings. The topological polar surface area (TPSA) is 12.0 Å². The first-order chi connectivity index (χ1) is 8.54. The van der Waals surface area contributed by atoms with Crippen molar-refractivity contribution in [2.75, 3.05) is 0 Å². The molecule has 0 aromatic heterocycles. The van der Waals surface area contributed by atoms with Crippen LogP contribution in [0.25, 0.3) is 0 Å². The van der Waals surface area contributed by atoms with Crippen LogP contribution in [0.5, 0.6) is 0 Å². The lowest BCUT2D eigenvalue weighted by Gasteiger charge is -2.34. The fourth-order valence-electron chi connectivity index (χ4n) is 3.31. The van der Waals surface area contributed by atoms with E-state index in [4.69, 9.17) is 0 Å². The van der Waals surface area contributed by atoms with Gasteiger partial charge in [0.2, 0.25) is 0 Å². The Morgan fingerprint density at radius 3 is 2.44 bits per heavy atom. The summed E-state index contributed by atoms with van der Waals surface area (Å²) < 4.78 is 1.17. The molecule has 1 aromatic rings. The minimum absolute atomic E-state index is 0.435. The molecule has 100 valence electrons. The van der Waals surface area contributed by atoms with Gasteiger partial charge >= 0.3 is 0 Å². The third-order valence-electron chi connectivity index (χ3n) is 4.01. The summed E-state index contributed by atoms with van der Waals surface area (Å²) in [4.78, 5) is 0. The average molecular weight is 310 g/mol. The molecule has 1 aliphatic carbocycles. The Bertz CT molecular complexity index is 380. The van der Waals surface area contributed by atoms with Crippen LogP contribution in [-0.4, -0.2) is 6.04 Å². The molecule has 0 bridgehead atoms. The van der Waals surface area contributed by atoms with Gasteiger partial charge in [-0.2, -0.15) is 0 Å². The Morgan fingerprint density at radius 2 is 1.83 bits per heavy atom. The Balaban J connectivity index is 1.96. The standard InChI is InChI=1S/C16H24BrN/c1-11-7-12(2)9-16(8-11)18-13(3)14-5-4-6-15(17)10-14/h4-6,10-13,16,18H,7-9H2,1-3H3. The Hall–Kier alpha value is -0.340. The second kappa shape index (κ2) is 6.21. The lowest BCUT2D eigenvalue weighted by Crippen LogP contribution is -2.37. The molecule has 1 nitrogen and oxygen atoms in total. The van der Waals surface area contributed by atoms with E-state index >= 15 is 0 Å². The maximum absolute atomic E-state index is 3.80. The predicted octanol–water partition coefficient (Wildman–Crippen LogP) is 4.92. The zero-order valence-electron chi connectivity index (χ0n) is 11.6.